The number of hydrogen-bond acceptors (Lipinski definition) is 5. The number of carbonyl (C=O) groups excluding carboxylic acids is 1. The number of aromatic nitrogens is 2. The fraction of sp³-hybridized carbons (Fsp3) is 0.238. The second kappa shape index (κ2) is 7.74. The molecule has 2 heterocycles. The number of anilines is 1. The molecule has 0 unspecified atom stereocenters. The molecule has 28 heavy (non-hydrogen) atoms. The van der Waals surface area contributed by atoms with Gasteiger partial charge in [0.05, 0.1) is 37.5 Å². The molecule has 7 nitrogen and oxygen atoms in total. The molecule has 0 bridgehead atoms. The van der Waals surface area contributed by atoms with Crippen LogP contribution in [-0.4, -0.2) is 43.0 Å². The molecule has 0 aliphatic heterocycles. The normalized spacial score (nSPS) is 11.2. The van der Waals surface area contributed by atoms with E-state index in [1.54, 1.807) is 30.3 Å². The lowest BCUT2D eigenvalue weighted by molar-refractivity contribution is 0.0958. The number of methoxy groups -OCH3 is 1. The summed E-state index contributed by atoms with van der Waals surface area (Å²) in [5.41, 5.74) is 1.97. The van der Waals surface area contributed by atoms with Gasteiger partial charge in [-0.2, -0.15) is 5.10 Å². The molecule has 2 aromatic heterocycles. The van der Waals surface area contributed by atoms with Crippen molar-refractivity contribution in [2.75, 3.05) is 31.8 Å². The molecule has 7 heteroatoms. The van der Waals surface area contributed by atoms with Gasteiger partial charge in [0, 0.05) is 29.5 Å². The Bertz CT molecular complexity index is 1080. The van der Waals surface area contributed by atoms with Crippen molar-refractivity contribution >= 4 is 33.7 Å². The number of fused-ring (bicyclic) bond motifs is 2. The van der Waals surface area contributed by atoms with Crippen LogP contribution in [0.4, 0.5) is 5.88 Å². The van der Waals surface area contributed by atoms with Gasteiger partial charge >= 0.3 is 0 Å². The monoisotopic (exact) mass is 379 g/mol. The molecule has 0 radical (unpaired) electrons. The van der Waals surface area contributed by atoms with E-state index in [0.29, 0.717) is 37.0 Å². The summed E-state index contributed by atoms with van der Waals surface area (Å²) < 4.78 is 16.9. The number of amides is 1. The van der Waals surface area contributed by atoms with Gasteiger partial charge in [0.15, 0.2) is 0 Å². The summed E-state index contributed by atoms with van der Waals surface area (Å²) in [6.07, 6.45) is 1.68. The zero-order chi connectivity index (χ0) is 19.5. The average Bonchev–Trinajstić information content (AvgIpc) is 3.35. The molecule has 144 valence electrons. The van der Waals surface area contributed by atoms with Crippen molar-refractivity contribution in [1.29, 1.82) is 0 Å². The molecular weight excluding hydrogens is 358 g/mol. The number of H-pyrrole nitrogens is 1. The van der Waals surface area contributed by atoms with Crippen LogP contribution in [0.2, 0.25) is 0 Å². The van der Waals surface area contributed by atoms with E-state index in [1.807, 2.05) is 37.3 Å². The first-order chi connectivity index (χ1) is 13.7. The molecule has 4 rings (SSSR count). The van der Waals surface area contributed by atoms with Crippen molar-refractivity contribution in [3.8, 4) is 5.75 Å². The number of benzene rings is 2. The van der Waals surface area contributed by atoms with E-state index in [1.165, 1.54) is 0 Å². The predicted molar refractivity (Wildman–Crippen MR) is 107 cm³/mol. The van der Waals surface area contributed by atoms with Crippen molar-refractivity contribution in [2.45, 2.75) is 6.92 Å². The predicted octanol–water partition coefficient (Wildman–Crippen LogP) is 4.00. The fourth-order valence-corrected chi connectivity index (χ4v) is 3.17. The highest BCUT2D eigenvalue weighted by molar-refractivity contribution is 6.10. The Morgan fingerprint density at radius 3 is 2.86 bits per heavy atom. The number of rotatable bonds is 7. The number of hydrogen-bond donors (Lipinski definition) is 1. The second-order valence-electron chi connectivity index (χ2n) is 6.29. The minimum absolute atomic E-state index is 0.223. The van der Waals surface area contributed by atoms with Crippen LogP contribution in [0.15, 0.2) is 53.1 Å². The minimum atomic E-state index is -0.223. The van der Waals surface area contributed by atoms with Gasteiger partial charge in [0.2, 0.25) is 5.88 Å². The van der Waals surface area contributed by atoms with E-state index >= 15 is 0 Å². The van der Waals surface area contributed by atoms with Gasteiger partial charge in [0.1, 0.15) is 11.3 Å². The smallest absolute Gasteiger partial charge is 0.264 e. The molecule has 0 atom stereocenters. The van der Waals surface area contributed by atoms with Gasteiger partial charge in [0.25, 0.3) is 5.91 Å². The molecule has 0 saturated carbocycles. The number of ether oxygens (including phenoxy) is 2. The summed E-state index contributed by atoms with van der Waals surface area (Å²) in [5.74, 6) is 0.721. The van der Waals surface area contributed by atoms with Crippen LogP contribution in [0.1, 0.15) is 17.3 Å². The van der Waals surface area contributed by atoms with Crippen LogP contribution in [0.25, 0.3) is 21.9 Å². The molecule has 0 fully saturated rings. The maximum atomic E-state index is 13.5. The minimum Gasteiger partial charge on any atom is -0.496 e. The first-order valence-corrected chi connectivity index (χ1v) is 9.10. The zero-order valence-electron chi connectivity index (χ0n) is 15.8. The van der Waals surface area contributed by atoms with Crippen molar-refractivity contribution in [1.82, 2.24) is 10.2 Å². The van der Waals surface area contributed by atoms with Gasteiger partial charge in [-0.1, -0.05) is 18.2 Å². The first-order valence-electron chi connectivity index (χ1n) is 9.10. The Balaban J connectivity index is 1.76. The summed E-state index contributed by atoms with van der Waals surface area (Å²) in [6.45, 7) is 3.25. The molecule has 4 aromatic rings. The lowest BCUT2D eigenvalue weighted by Gasteiger charge is -2.21. The van der Waals surface area contributed by atoms with Crippen molar-refractivity contribution in [2.24, 2.45) is 0 Å². The van der Waals surface area contributed by atoms with E-state index < -0.39 is 0 Å². The number of aromatic amines is 1. The number of furan rings is 1. The lowest BCUT2D eigenvalue weighted by Crippen LogP contribution is -2.34. The van der Waals surface area contributed by atoms with E-state index in [9.17, 15) is 4.79 Å². The maximum absolute atomic E-state index is 13.5. The molecule has 0 spiro atoms. The summed E-state index contributed by atoms with van der Waals surface area (Å²) in [5, 5.41) is 8.68. The largest absolute Gasteiger partial charge is 0.496 e. The van der Waals surface area contributed by atoms with Crippen LogP contribution >= 0.6 is 0 Å². The Morgan fingerprint density at radius 1 is 1.21 bits per heavy atom. The van der Waals surface area contributed by atoms with Gasteiger partial charge < -0.3 is 13.9 Å². The van der Waals surface area contributed by atoms with Crippen LogP contribution in [0.5, 0.6) is 5.75 Å². The summed E-state index contributed by atoms with van der Waals surface area (Å²) in [4.78, 5) is 15.0. The average molecular weight is 379 g/mol. The Hall–Kier alpha value is -3.32. The van der Waals surface area contributed by atoms with Crippen LogP contribution < -0.4 is 9.64 Å². The van der Waals surface area contributed by atoms with E-state index in [0.717, 1.165) is 21.9 Å². The highest BCUT2D eigenvalue weighted by atomic mass is 16.5. The highest BCUT2D eigenvalue weighted by Crippen LogP contribution is 2.30. The summed E-state index contributed by atoms with van der Waals surface area (Å²) in [6, 6.07) is 13.1. The quantitative estimate of drug-likeness (QED) is 0.491. The van der Waals surface area contributed by atoms with Crippen molar-refractivity contribution in [3.05, 3.63) is 54.2 Å². The van der Waals surface area contributed by atoms with Crippen molar-refractivity contribution < 1.29 is 18.7 Å². The van der Waals surface area contributed by atoms with Crippen LogP contribution in [-0.2, 0) is 4.74 Å². The third kappa shape index (κ3) is 3.32. The summed E-state index contributed by atoms with van der Waals surface area (Å²) in [7, 11) is 1.54. The standard InChI is InChI=1S/C21H21N3O4/c1-3-27-9-8-24(20-11-14-6-4-5-7-18(14)28-20)21(25)16-10-15-13-22-23-17(15)12-19(16)26-2/h4-7,10-13H,3,8-9H2,1-2H3,(H,22,23). The number of carbonyl (C=O) groups is 1. The third-order valence-corrected chi connectivity index (χ3v) is 4.58. The van der Waals surface area contributed by atoms with E-state index in [4.69, 9.17) is 13.9 Å². The highest BCUT2D eigenvalue weighted by Gasteiger charge is 2.24. The first kappa shape index (κ1) is 18.1. The zero-order valence-corrected chi connectivity index (χ0v) is 15.8. The van der Waals surface area contributed by atoms with Gasteiger partial charge in [-0.3, -0.25) is 14.8 Å². The summed E-state index contributed by atoms with van der Waals surface area (Å²) >= 11 is 0. The SMILES string of the molecule is CCOCCN(C(=O)c1cc2cn[nH]c2cc1OC)c1cc2ccccc2o1. The maximum Gasteiger partial charge on any atom is 0.264 e. The molecular formula is C21H21N3O4. The second-order valence-corrected chi connectivity index (χ2v) is 6.29. The fourth-order valence-electron chi connectivity index (χ4n) is 3.17. The van der Waals surface area contributed by atoms with Gasteiger partial charge in [-0.25, -0.2) is 0 Å². The molecule has 1 N–H and O–H groups in total. The van der Waals surface area contributed by atoms with Gasteiger partial charge in [-0.15, -0.1) is 0 Å². The third-order valence-electron chi connectivity index (χ3n) is 4.58. The van der Waals surface area contributed by atoms with E-state index in [2.05, 4.69) is 10.2 Å². The van der Waals surface area contributed by atoms with Gasteiger partial charge in [-0.05, 0) is 19.1 Å². The Kier molecular flexibility index (Phi) is 4.99. The van der Waals surface area contributed by atoms with Crippen molar-refractivity contribution in [3.63, 3.8) is 0 Å². The Morgan fingerprint density at radius 2 is 2.07 bits per heavy atom. The number of para-hydroxylation sites is 1. The number of nitrogens with zero attached hydrogens (tertiary/aromatic N) is 2. The van der Waals surface area contributed by atoms with Crippen LogP contribution in [0, 0.1) is 0 Å². The van der Waals surface area contributed by atoms with E-state index in [-0.39, 0.29) is 5.91 Å². The molecule has 2 aromatic carbocycles. The molecule has 1 amide bonds. The topological polar surface area (TPSA) is 80.6 Å². The van der Waals surface area contributed by atoms with Crippen LogP contribution in [0.3, 0.4) is 0 Å². The molecule has 0 aliphatic carbocycles. The Labute approximate surface area is 161 Å². The lowest BCUT2D eigenvalue weighted by atomic mass is 10.1. The molecule has 0 aliphatic rings. The number of nitrogens with one attached hydrogen (secondary N) is 1. The molecule has 0 saturated heterocycles.